The highest BCUT2D eigenvalue weighted by Crippen LogP contribution is 2.39. The Morgan fingerprint density at radius 1 is 0.833 bits per heavy atom. The highest BCUT2D eigenvalue weighted by atomic mass is 79.9. The fraction of sp³-hybridized carbons (Fsp3) is 0.667. The Hall–Kier alpha value is 0.500. The normalized spacial score (nSPS) is 13.5. The first kappa shape index (κ1) is 22.5. The molecular weight excluding hydrogens is 409 g/mol. The van der Waals surface area contributed by atoms with E-state index in [1.54, 1.807) is 0 Å². The van der Waals surface area contributed by atoms with Crippen LogP contribution in [0.15, 0.2) is 18.2 Å². The van der Waals surface area contributed by atoms with Crippen molar-refractivity contribution >= 4 is 51.4 Å². The van der Waals surface area contributed by atoms with E-state index in [0.717, 1.165) is 11.5 Å². The number of rotatable bonds is 5. The van der Waals surface area contributed by atoms with Crippen molar-refractivity contribution in [2.24, 2.45) is 0 Å². The minimum atomic E-state index is -1.82. The first-order valence-corrected chi connectivity index (χ1v) is 19.1. The molecule has 0 heterocycles. The summed E-state index contributed by atoms with van der Waals surface area (Å²) in [5, 5.41) is 0.407. The molecule has 0 aliphatic rings. The maximum absolute atomic E-state index is 6.54. The van der Waals surface area contributed by atoms with Crippen molar-refractivity contribution in [1.29, 1.82) is 0 Å². The maximum atomic E-state index is 6.54. The van der Waals surface area contributed by atoms with Crippen molar-refractivity contribution in [3.8, 4) is 11.5 Å². The highest BCUT2D eigenvalue weighted by molar-refractivity contribution is 9.23. The molecule has 0 amide bonds. The van der Waals surface area contributed by atoms with E-state index < -0.39 is 34.8 Å². The van der Waals surface area contributed by atoms with Gasteiger partial charge in [-0.15, -0.1) is 3.69 Å². The second-order valence-electron chi connectivity index (χ2n) is 9.63. The van der Waals surface area contributed by atoms with E-state index in [1.807, 2.05) is 0 Å². The van der Waals surface area contributed by atoms with Crippen molar-refractivity contribution < 1.29 is 8.85 Å². The van der Waals surface area contributed by atoms with Gasteiger partial charge in [0.2, 0.25) is 16.6 Å². The molecule has 0 radical (unpaired) electrons. The van der Waals surface area contributed by atoms with Crippen molar-refractivity contribution in [2.45, 2.75) is 77.8 Å². The molecule has 1 rings (SSSR count). The van der Waals surface area contributed by atoms with Crippen LogP contribution in [0.25, 0.3) is 0 Å². The van der Waals surface area contributed by atoms with E-state index in [1.165, 1.54) is 3.69 Å². The van der Waals surface area contributed by atoms with Crippen molar-refractivity contribution in [3.05, 3.63) is 18.2 Å². The Labute approximate surface area is 166 Å². The van der Waals surface area contributed by atoms with Crippen molar-refractivity contribution in [1.82, 2.24) is 0 Å². The molecule has 0 bridgehead atoms. The first-order chi connectivity index (χ1) is 10.6. The minimum absolute atomic E-state index is 0.203. The third kappa shape index (κ3) is 5.50. The van der Waals surface area contributed by atoms with Crippen LogP contribution in [-0.4, -0.2) is 34.8 Å². The van der Waals surface area contributed by atoms with Crippen LogP contribution >= 0.6 is 12.9 Å². The first-order valence-electron chi connectivity index (χ1n) is 8.68. The van der Waals surface area contributed by atoms with Gasteiger partial charge in [0, 0.05) is 0 Å². The molecule has 2 nitrogen and oxygen atoms in total. The summed E-state index contributed by atoms with van der Waals surface area (Å²) in [5.74, 6) is 2.04. The van der Waals surface area contributed by atoms with Crippen LogP contribution in [0.3, 0.4) is 0 Å². The number of hydrogen-bond donors (Lipinski definition) is 0. The molecule has 0 spiro atoms. The van der Waals surface area contributed by atoms with E-state index in [-0.39, 0.29) is 10.1 Å². The standard InChI is InChI=1S/C18H33O2Si2.BrH.Mg/c1-17(2,3)21(7,8)19-15-11-13-16(14-12-15)20-22(9,10)18(4,5)6;;/h11-13H,1-10H3;1H;/q;;+1/p-1. The maximum Gasteiger partial charge on any atom is 0.512 e. The summed E-state index contributed by atoms with van der Waals surface area (Å²) in [6.45, 7) is 22.8. The lowest BCUT2D eigenvalue weighted by Gasteiger charge is -2.38. The summed E-state index contributed by atoms with van der Waals surface area (Å²) in [4.78, 5) is 0. The quantitative estimate of drug-likeness (QED) is 0.514. The molecular formula is C18H33BrMgO2Si2. The smallest absolute Gasteiger partial charge is 0.512 e. The third-order valence-electron chi connectivity index (χ3n) is 5.53. The molecule has 1 aromatic rings. The van der Waals surface area contributed by atoms with Gasteiger partial charge in [0.15, 0.2) is 0 Å². The molecule has 0 aromatic heterocycles. The number of hydrogen-bond acceptors (Lipinski definition) is 2. The number of benzene rings is 1. The Morgan fingerprint density at radius 3 is 1.71 bits per heavy atom. The van der Waals surface area contributed by atoms with E-state index in [0.29, 0.717) is 0 Å². The molecule has 0 unspecified atom stereocenters. The van der Waals surface area contributed by atoms with Gasteiger partial charge in [-0.1, -0.05) is 41.5 Å². The lowest BCUT2D eigenvalue weighted by molar-refractivity contribution is 0.484. The Balaban J connectivity index is 3.10. The molecule has 0 fully saturated rings. The topological polar surface area (TPSA) is 18.5 Å². The second kappa shape index (κ2) is 7.62. The Bertz CT molecular complexity index is 575. The second-order valence-corrected chi connectivity index (χ2v) is 21.8. The zero-order valence-corrected chi connectivity index (χ0v) is 22.1. The molecule has 0 atom stereocenters. The van der Waals surface area contributed by atoms with Gasteiger partial charge >= 0.3 is 18.2 Å². The van der Waals surface area contributed by atoms with Crippen LogP contribution in [0.1, 0.15) is 41.5 Å². The molecule has 6 heteroatoms. The van der Waals surface area contributed by atoms with E-state index >= 15 is 0 Å². The van der Waals surface area contributed by atoms with Gasteiger partial charge in [0.05, 0.1) is 5.75 Å². The molecule has 0 aliphatic heterocycles. The van der Waals surface area contributed by atoms with Crippen LogP contribution in [0.5, 0.6) is 11.5 Å². The minimum Gasteiger partial charge on any atom is -0.545 e. The highest BCUT2D eigenvalue weighted by Gasteiger charge is 2.40. The molecule has 1 aromatic carbocycles. The van der Waals surface area contributed by atoms with Gasteiger partial charge < -0.3 is 8.85 Å². The summed E-state index contributed by atoms with van der Waals surface area (Å²) in [7, 11) is -3.63. The molecule has 24 heavy (non-hydrogen) atoms. The summed E-state index contributed by atoms with van der Waals surface area (Å²) in [6, 6.07) is 6.40. The van der Waals surface area contributed by atoms with Crippen LogP contribution in [-0.2, 0) is 0 Å². The summed E-state index contributed by atoms with van der Waals surface area (Å²) < 4.78 is 14.3. The summed E-state index contributed by atoms with van der Waals surface area (Å²) in [5.41, 5.74) is 0. The molecule has 0 saturated heterocycles. The lowest BCUT2D eigenvalue weighted by Crippen LogP contribution is -2.45. The largest absolute Gasteiger partial charge is 0.545 e. The third-order valence-corrected chi connectivity index (χ3v) is 16.9. The van der Waals surface area contributed by atoms with Crippen LogP contribution in [0, 0.1) is 0 Å². The van der Waals surface area contributed by atoms with Crippen LogP contribution in [0.2, 0.25) is 36.3 Å². The van der Waals surface area contributed by atoms with E-state index in [9.17, 15) is 0 Å². The average Bonchev–Trinajstić information content (AvgIpc) is 2.37. The zero-order valence-electron chi connectivity index (χ0n) is 17.1. The Kier molecular flexibility index (Phi) is 7.16. The SMILES string of the molecule is CC(C)(C)[Si](C)(C)Oc1ccc(O[Si](C)(C)C(C)(C)C)[c]([Mg][Br])c1. The molecule has 0 N–H and O–H groups in total. The van der Waals surface area contributed by atoms with Gasteiger partial charge in [-0.05, 0) is 54.5 Å². The van der Waals surface area contributed by atoms with Gasteiger partial charge in [-0.2, -0.15) is 0 Å². The number of halogens is 1. The van der Waals surface area contributed by atoms with Crippen molar-refractivity contribution in [2.75, 3.05) is 0 Å². The van der Waals surface area contributed by atoms with Crippen LogP contribution in [0.4, 0.5) is 0 Å². The molecule has 134 valence electrons. The zero-order chi connectivity index (χ0) is 19.0. The monoisotopic (exact) mass is 440 g/mol. The molecule has 0 saturated carbocycles. The predicted octanol–water partition coefficient (Wildman–Crippen LogP) is 6.09. The average molecular weight is 442 g/mol. The fourth-order valence-corrected chi connectivity index (χ4v) is 5.84. The fourth-order valence-electron chi connectivity index (χ4n) is 1.70. The summed E-state index contributed by atoms with van der Waals surface area (Å²) in [6.07, 6.45) is 0. The lowest BCUT2D eigenvalue weighted by atomic mass is 10.2. The Morgan fingerprint density at radius 2 is 1.29 bits per heavy atom. The van der Waals surface area contributed by atoms with E-state index in [4.69, 9.17) is 8.85 Å². The summed E-state index contributed by atoms with van der Waals surface area (Å²) >= 11 is 3.24. The van der Waals surface area contributed by atoms with Gasteiger partial charge in [0.25, 0.3) is 0 Å². The van der Waals surface area contributed by atoms with Crippen LogP contribution < -0.4 is 12.5 Å². The predicted molar refractivity (Wildman–Crippen MR) is 116 cm³/mol. The van der Waals surface area contributed by atoms with Crippen molar-refractivity contribution in [3.63, 3.8) is 0 Å². The molecule has 0 aliphatic carbocycles. The van der Waals surface area contributed by atoms with Gasteiger partial charge in [-0.25, -0.2) is 0 Å². The van der Waals surface area contributed by atoms with Gasteiger partial charge in [0.1, 0.15) is 5.75 Å². The van der Waals surface area contributed by atoms with E-state index in [2.05, 4.69) is 98.8 Å². The van der Waals surface area contributed by atoms with Gasteiger partial charge in [-0.3, -0.25) is 12.9 Å².